The van der Waals surface area contributed by atoms with Crippen molar-refractivity contribution in [1.29, 1.82) is 0 Å². The summed E-state index contributed by atoms with van der Waals surface area (Å²) in [5.41, 5.74) is 5.60. The lowest BCUT2D eigenvalue weighted by atomic mass is 9.92. The van der Waals surface area contributed by atoms with Crippen molar-refractivity contribution in [1.82, 2.24) is 4.98 Å². The van der Waals surface area contributed by atoms with E-state index in [-0.39, 0.29) is 24.7 Å². The fourth-order valence-corrected chi connectivity index (χ4v) is 3.89. The lowest BCUT2D eigenvalue weighted by molar-refractivity contribution is -0.0503. The van der Waals surface area contributed by atoms with Gasteiger partial charge in [0.15, 0.2) is 0 Å². The summed E-state index contributed by atoms with van der Waals surface area (Å²) in [6.45, 7) is 8.88. The van der Waals surface area contributed by atoms with Gasteiger partial charge in [-0.25, -0.2) is 0 Å². The Hall–Kier alpha value is -3.20. The number of halogens is 3. The standard InChI is InChI=1S/C30H32ClF2NO2/c1-6-8-9-10-11-20(3)22(5)27(7-2)25-16-21(4)29(34-18-25)24(19-35)13-12-23-17-26(31)14-15-28(23)36-30(32)33/h7,10-11,13-18,20,30,35H,2,6,12,19H2,1,3-5H3/b11-10-,24-13-,27-22+. The number of aryl methyl sites for hydroxylation is 1. The summed E-state index contributed by atoms with van der Waals surface area (Å²) < 4.78 is 30.2. The molecule has 0 aliphatic rings. The molecule has 1 aromatic heterocycles. The van der Waals surface area contributed by atoms with Crippen LogP contribution in [0.3, 0.4) is 0 Å². The van der Waals surface area contributed by atoms with Gasteiger partial charge < -0.3 is 9.84 Å². The quantitative estimate of drug-likeness (QED) is 0.261. The van der Waals surface area contributed by atoms with Gasteiger partial charge in [0.1, 0.15) is 5.75 Å². The molecule has 190 valence electrons. The molecular formula is C30H32ClF2NO2. The molecule has 3 nitrogen and oxygen atoms in total. The summed E-state index contributed by atoms with van der Waals surface area (Å²) in [6, 6.07) is 6.48. The highest BCUT2D eigenvalue weighted by atomic mass is 35.5. The fourth-order valence-electron chi connectivity index (χ4n) is 3.70. The van der Waals surface area contributed by atoms with Crippen LogP contribution in [-0.4, -0.2) is 23.3 Å². The van der Waals surface area contributed by atoms with E-state index in [1.54, 1.807) is 18.3 Å². The van der Waals surface area contributed by atoms with Crippen molar-refractivity contribution in [3.05, 3.63) is 94.3 Å². The normalized spacial score (nSPS) is 13.3. The predicted octanol–water partition coefficient (Wildman–Crippen LogP) is 7.83. The van der Waals surface area contributed by atoms with Crippen LogP contribution < -0.4 is 4.74 Å². The van der Waals surface area contributed by atoms with Gasteiger partial charge in [0.2, 0.25) is 0 Å². The van der Waals surface area contributed by atoms with Gasteiger partial charge in [-0.15, -0.1) is 0 Å². The number of hydrogen-bond donors (Lipinski definition) is 1. The van der Waals surface area contributed by atoms with Crippen molar-refractivity contribution < 1.29 is 18.6 Å². The number of benzene rings is 1. The number of nitrogens with zero attached hydrogens (tertiary/aromatic N) is 1. The number of pyridine rings is 1. The lowest BCUT2D eigenvalue weighted by Gasteiger charge is -2.15. The first-order valence-electron chi connectivity index (χ1n) is 11.7. The molecule has 2 rings (SSSR count). The van der Waals surface area contributed by atoms with Crippen LogP contribution in [0.15, 0.2) is 66.9 Å². The van der Waals surface area contributed by atoms with Gasteiger partial charge in [0.05, 0.1) is 12.3 Å². The molecule has 0 bridgehead atoms. The zero-order valence-electron chi connectivity index (χ0n) is 21.1. The molecule has 0 saturated heterocycles. The molecule has 1 atom stereocenters. The van der Waals surface area contributed by atoms with E-state index in [2.05, 4.69) is 48.1 Å². The van der Waals surface area contributed by atoms with Gasteiger partial charge in [-0.2, -0.15) is 8.78 Å². The van der Waals surface area contributed by atoms with Crippen molar-refractivity contribution in [3.63, 3.8) is 0 Å². The van der Waals surface area contributed by atoms with Crippen molar-refractivity contribution in [2.75, 3.05) is 6.61 Å². The van der Waals surface area contributed by atoms with Gasteiger partial charge >= 0.3 is 6.61 Å². The summed E-state index contributed by atoms with van der Waals surface area (Å²) in [4.78, 5) is 4.62. The molecule has 1 aromatic carbocycles. The number of hydrogen-bond acceptors (Lipinski definition) is 3. The van der Waals surface area contributed by atoms with Crippen molar-refractivity contribution >= 4 is 22.7 Å². The van der Waals surface area contributed by atoms with E-state index < -0.39 is 6.61 Å². The first-order chi connectivity index (χ1) is 17.2. The Kier molecular flexibility index (Phi) is 11.6. The number of aliphatic hydroxyl groups excluding tert-OH is 1. The largest absolute Gasteiger partial charge is 0.435 e. The number of rotatable bonds is 10. The minimum atomic E-state index is -2.94. The SMILES string of the molecule is C=C/C(=C(/C)C(C)/C=C\C#CCC)c1cnc(/C(=C\Cc2cc(Cl)ccc2OC(F)F)CO)c(C)c1. The zero-order chi connectivity index (χ0) is 26.7. The Labute approximate surface area is 217 Å². The number of allylic oxidation sites excluding steroid dienone is 6. The smallest absolute Gasteiger partial charge is 0.387 e. The van der Waals surface area contributed by atoms with Crippen LogP contribution in [0.2, 0.25) is 5.02 Å². The van der Waals surface area contributed by atoms with E-state index in [1.807, 2.05) is 32.1 Å². The molecule has 0 radical (unpaired) electrons. The third kappa shape index (κ3) is 8.19. The van der Waals surface area contributed by atoms with Crippen molar-refractivity contribution in [3.8, 4) is 17.6 Å². The molecule has 1 heterocycles. The fraction of sp³-hybridized carbons (Fsp3) is 0.300. The second-order valence-electron chi connectivity index (χ2n) is 8.23. The van der Waals surface area contributed by atoms with E-state index in [1.165, 1.54) is 12.1 Å². The second kappa shape index (κ2) is 14.4. The lowest BCUT2D eigenvalue weighted by Crippen LogP contribution is -2.05. The number of ether oxygens (including phenoxy) is 1. The summed E-state index contributed by atoms with van der Waals surface area (Å²) in [5.74, 6) is 6.26. The molecule has 6 heteroatoms. The Balaban J connectivity index is 2.37. The molecule has 0 spiro atoms. The molecule has 1 unspecified atom stereocenters. The average molecular weight is 512 g/mol. The van der Waals surface area contributed by atoms with Crippen LogP contribution in [0.1, 0.15) is 49.6 Å². The van der Waals surface area contributed by atoms with Gasteiger partial charge in [-0.3, -0.25) is 4.98 Å². The zero-order valence-corrected chi connectivity index (χ0v) is 21.9. The molecule has 0 amide bonds. The van der Waals surface area contributed by atoms with Gasteiger partial charge in [-0.1, -0.05) is 67.7 Å². The number of alkyl halides is 2. The Bertz CT molecular complexity index is 1220. The van der Waals surface area contributed by atoms with Crippen LogP contribution in [0.25, 0.3) is 11.1 Å². The molecule has 1 N–H and O–H groups in total. The maximum atomic E-state index is 12.8. The maximum absolute atomic E-state index is 12.8. The highest BCUT2D eigenvalue weighted by molar-refractivity contribution is 6.30. The third-order valence-corrected chi connectivity index (χ3v) is 5.96. The van der Waals surface area contributed by atoms with Crippen molar-refractivity contribution in [2.45, 2.75) is 47.1 Å². The minimum Gasteiger partial charge on any atom is -0.435 e. The molecule has 36 heavy (non-hydrogen) atoms. The van der Waals surface area contributed by atoms with Crippen LogP contribution in [0.5, 0.6) is 5.75 Å². The summed E-state index contributed by atoms with van der Waals surface area (Å²) >= 11 is 6.05. The number of aromatic nitrogens is 1. The van der Waals surface area contributed by atoms with Crippen molar-refractivity contribution in [2.24, 2.45) is 5.92 Å². The number of aliphatic hydroxyl groups is 1. The highest BCUT2D eigenvalue weighted by Crippen LogP contribution is 2.29. The molecular weight excluding hydrogens is 480 g/mol. The summed E-state index contributed by atoms with van der Waals surface area (Å²) in [7, 11) is 0. The first kappa shape index (κ1) is 29.0. The van der Waals surface area contributed by atoms with E-state index in [4.69, 9.17) is 11.6 Å². The van der Waals surface area contributed by atoms with Crippen LogP contribution in [0, 0.1) is 24.7 Å². The van der Waals surface area contributed by atoms with E-state index in [9.17, 15) is 13.9 Å². The molecule has 0 saturated carbocycles. The third-order valence-electron chi connectivity index (χ3n) is 5.73. The predicted molar refractivity (Wildman–Crippen MR) is 145 cm³/mol. The van der Waals surface area contributed by atoms with E-state index >= 15 is 0 Å². The monoisotopic (exact) mass is 511 g/mol. The molecule has 0 aliphatic heterocycles. The second-order valence-corrected chi connectivity index (χ2v) is 8.67. The minimum absolute atomic E-state index is 0.0445. The van der Waals surface area contributed by atoms with E-state index in [0.717, 1.165) is 28.7 Å². The maximum Gasteiger partial charge on any atom is 0.387 e. The van der Waals surface area contributed by atoms with Crippen LogP contribution in [-0.2, 0) is 6.42 Å². The topological polar surface area (TPSA) is 42.4 Å². The van der Waals surface area contributed by atoms with Crippen LogP contribution >= 0.6 is 11.6 Å². The molecule has 0 aliphatic carbocycles. The van der Waals surface area contributed by atoms with E-state index in [0.29, 0.717) is 21.9 Å². The molecule has 0 fully saturated rings. The molecule has 2 aromatic rings. The van der Waals surface area contributed by atoms with Gasteiger partial charge in [0.25, 0.3) is 0 Å². The Morgan fingerprint density at radius 2 is 2.06 bits per heavy atom. The van der Waals surface area contributed by atoms with Crippen LogP contribution in [0.4, 0.5) is 8.78 Å². The summed E-state index contributed by atoms with van der Waals surface area (Å²) in [6.07, 6.45) is 10.3. The Morgan fingerprint density at radius 1 is 1.31 bits per heavy atom. The Morgan fingerprint density at radius 3 is 2.67 bits per heavy atom. The summed E-state index contributed by atoms with van der Waals surface area (Å²) in [5, 5.41) is 10.4. The highest BCUT2D eigenvalue weighted by Gasteiger charge is 2.14. The average Bonchev–Trinajstić information content (AvgIpc) is 2.84. The van der Waals surface area contributed by atoms with Gasteiger partial charge in [0, 0.05) is 23.2 Å². The van der Waals surface area contributed by atoms with Gasteiger partial charge in [-0.05, 0) is 78.8 Å². The first-order valence-corrected chi connectivity index (χ1v) is 12.1.